The summed E-state index contributed by atoms with van der Waals surface area (Å²) in [7, 11) is 0. The lowest BCUT2D eigenvalue weighted by Crippen LogP contribution is -1.65. The molecule has 0 bridgehead atoms. The van der Waals surface area contributed by atoms with Crippen molar-refractivity contribution in [3.8, 4) is 0 Å². The molecular formula is C2H2FN3S. The fourth-order valence-electron chi connectivity index (χ4n) is 0.228. The Hall–Kier alpha value is -0.580. The second-order valence-corrected chi connectivity index (χ2v) is 1.46. The third kappa shape index (κ3) is 0.894. The number of halogens is 1. The van der Waals surface area contributed by atoms with Gasteiger partial charge in [0.1, 0.15) is 12.1 Å². The van der Waals surface area contributed by atoms with E-state index < -0.39 is 0 Å². The van der Waals surface area contributed by atoms with Crippen LogP contribution in [0.25, 0.3) is 0 Å². The van der Waals surface area contributed by atoms with Gasteiger partial charge in [-0.3, -0.25) is 0 Å². The Morgan fingerprint density at radius 2 is 2.71 bits per heavy atom. The topological polar surface area (TPSA) is 41.6 Å². The normalized spacial score (nSPS) is 9.29. The first-order valence-electron chi connectivity index (χ1n) is 1.58. The Balaban J connectivity index is 2.76. The zero-order valence-electron chi connectivity index (χ0n) is 3.26. The second kappa shape index (κ2) is 1.92. The molecule has 1 rings (SSSR count). The van der Waals surface area contributed by atoms with Gasteiger partial charge < -0.3 is 0 Å². The molecule has 38 valence electrons. The van der Waals surface area contributed by atoms with Crippen LogP contribution in [0.2, 0.25) is 0 Å². The minimum absolute atomic E-state index is 0.0706. The van der Waals surface area contributed by atoms with Gasteiger partial charge in [-0.05, 0) is 0 Å². The number of hydrogen-bond donors (Lipinski definition) is 1. The van der Waals surface area contributed by atoms with E-state index >= 15 is 0 Å². The van der Waals surface area contributed by atoms with Crippen molar-refractivity contribution >= 4 is 12.1 Å². The van der Waals surface area contributed by atoms with Crippen molar-refractivity contribution in [2.75, 3.05) is 0 Å². The first-order chi connectivity index (χ1) is 3.43. The van der Waals surface area contributed by atoms with E-state index in [2.05, 4.69) is 15.4 Å². The summed E-state index contributed by atoms with van der Waals surface area (Å²) in [5.74, 6) is 0. The van der Waals surface area contributed by atoms with Crippen molar-refractivity contribution in [2.24, 2.45) is 0 Å². The molecule has 0 spiro atoms. The lowest BCUT2D eigenvalue weighted by molar-refractivity contribution is 0.885. The number of hydrogen-bond acceptors (Lipinski definition) is 3. The van der Waals surface area contributed by atoms with E-state index in [9.17, 15) is 3.89 Å². The number of nitrogens with one attached hydrogen (secondary N) is 1. The summed E-state index contributed by atoms with van der Waals surface area (Å²) in [5, 5.41) is 9.27. The maximum Gasteiger partial charge on any atom is 0.171 e. The van der Waals surface area contributed by atoms with Crippen molar-refractivity contribution in [1.29, 1.82) is 0 Å². The zero-order valence-corrected chi connectivity index (χ0v) is 4.07. The van der Waals surface area contributed by atoms with E-state index in [1.165, 1.54) is 6.20 Å². The van der Waals surface area contributed by atoms with Crippen LogP contribution in [0.3, 0.4) is 0 Å². The zero-order chi connectivity index (χ0) is 5.11. The van der Waals surface area contributed by atoms with Crippen LogP contribution in [-0.4, -0.2) is 15.4 Å². The van der Waals surface area contributed by atoms with Gasteiger partial charge in [0.25, 0.3) is 0 Å². The van der Waals surface area contributed by atoms with Gasteiger partial charge in [0.2, 0.25) is 0 Å². The van der Waals surface area contributed by atoms with Crippen LogP contribution in [0.15, 0.2) is 11.2 Å². The van der Waals surface area contributed by atoms with Crippen molar-refractivity contribution < 1.29 is 3.89 Å². The van der Waals surface area contributed by atoms with Gasteiger partial charge in [-0.15, -0.1) is 5.10 Å². The summed E-state index contributed by atoms with van der Waals surface area (Å²) in [6.07, 6.45) is 1.31. The summed E-state index contributed by atoms with van der Waals surface area (Å²) in [4.78, 5) is 0. The van der Waals surface area contributed by atoms with Crippen molar-refractivity contribution in [3.05, 3.63) is 6.20 Å². The molecule has 5 heteroatoms. The molecule has 0 aromatic carbocycles. The molecule has 0 aliphatic rings. The van der Waals surface area contributed by atoms with Gasteiger partial charge in [0, 0.05) is 0 Å². The predicted octanol–water partition coefficient (Wildman–Crippen LogP) is 0.781. The molecule has 0 unspecified atom stereocenters. The number of H-pyrrole nitrogens is 1. The van der Waals surface area contributed by atoms with Crippen molar-refractivity contribution in [3.63, 3.8) is 0 Å². The quantitative estimate of drug-likeness (QED) is 0.594. The number of aromatic nitrogens is 3. The first-order valence-corrected chi connectivity index (χ1v) is 2.29. The lowest BCUT2D eigenvalue weighted by atomic mass is 11.0. The van der Waals surface area contributed by atoms with E-state index in [1.807, 2.05) is 0 Å². The summed E-state index contributed by atoms with van der Waals surface area (Å²) in [6, 6.07) is 0. The minimum atomic E-state index is 0.0706. The van der Waals surface area contributed by atoms with E-state index in [0.717, 1.165) is 0 Å². The summed E-state index contributed by atoms with van der Waals surface area (Å²) in [6.45, 7) is 0. The molecule has 0 saturated heterocycles. The number of aromatic amines is 1. The van der Waals surface area contributed by atoms with Crippen LogP contribution in [0.1, 0.15) is 0 Å². The number of rotatable bonds is 1. The molecule has 0 saturated carbocycles. The van der Waals surface area contributed by atoms with Gasteiger partial charge in [0.05, 0.1) is 6.20 Å². The fourth-order valence-corrected chi connectivity index (χ4v) is 0.396. The molecule has 1 aromatic rings. The third-order valence-electron chi connectivity index (χ3n) is 0.472. The average Bonchev–Trinajstić information content (AvgIpc) is 2.14. The van der Waals surface area contributed by atoms with Crippen LogP contribution in [0.4, 0.5) is 3.89 Å². The molecular weight excluding hydrogens is 117 g/mol. The molecule has 1 aromatic heterocycles. The largest absolute Gasteiger partial charge is 0.197 e. The van der Waals surface area contributed by atoms with Crippen LogP contribution >= 0.6 is 12.1 Å². The van der Waals surface area contributed by atoms with Gasteiger partial charge in [-0.1, -0.05) is 0 Å². The fraction of sp³-hybridized carbons (Fsp3) is 0. The highest BCUT2D eigenvalue weighted by molar-refractivity contribution is 7.94. The second-order valence-electron chi connectivity index (χ2n) is 0.885. The smallest absolute Gasteiger partial charge is 0.171 e. The van der Waals surface area contributed by atoms with Gasteiger partial charge in [-0.2, -0.15) is 14.2 Å². The van der Waals surface area contributed by atoms with E-state index in [-0.39, 0.29) is 17.2 Å². The van der Waals surface area contributed by atoms with Gasteiger partial charge in [-0.25, -0.2) is 0 Å². The standard InChI is InChI=1S/C2H2FN3S/c3-7-2-1-4-6-5-2/h1H,(H,4,5,6). The summed E-state index contributed by atoms with van der Waals surface area (Å²) in [5.41, 5.74) is 0. The summed E-state index contributed by atoms with van der Waals surface area (Å²) >= 11 is 0.0706. The third-order valence-corrected chi connectivity index (χ3v) is 0.827. The highest BCUT2D eigenvalue weighted by atomic mass is 32.2. The lowest BCUT2D eigenvalue weighted by Gasteiger charge is -1.69. The molecule has 7 heavy (non-hydrogen) atoms. The molecule has 0 atom stereocenters. The summed E-state index contributed by atoms with van der Waals surface area (Å²) < 4.78 is 11.4. The number of nitrogens with zero attached hydrogens (tertiary/aromatic N) is 2. The van der Waals surface area contributed by atoms with E-state index in [1.54, 1.807) is 0 Å². The van der Waals surface area contributed by atoms with Gasteiger partial charge >= 0.3 is 0 Å². The Morgan fingerprint density at radius 1 is 1.86 bits per heavy atom. The molecule has 1 heterocycles. The Labute approximate surface area is 43.6 Å². The Morgan fingerprint density at radius 3 is 3.00 bits per heavy atom. The maximum atomic E-state index is 11.4. The highest BCUT2D eigenvalue weighted by Crippen LogP contribution is 2.11. The Kier molecular flexibility index (Phi) is 1.26. The van der Waals surface area contributed by atoms with Crippen LogP contribution in [-0.2, 0) is 0 Å². The van der Waals surface area contributed by atoms with Crippen LogP contribution < -0.4 is 0 Å². The predicted molar refractivity (Wildman–Crippen MR) is 23.3 cm³/mol. The SMILES string of the molecule is FSc1cn[nH]n1. The maximum absolute atomic E-state index is 11.4. The van der Waals surface area contributed by atoms with Crippen molar-refractivity contribution in [2.45, 2.75) is 5.03 Å². The molecule has 0 aliphatic heterocycles. The molecule has 1 N–H and O–H groups in total. The molecule has 0 radical (unpaired) electrons. The monoisotopic (exact) mass is 119 g/mol. The van der Waals surface area contributed by atoms with E-state index in [4.69, 9.17) is 0 Å². The highest BCUT2D eigenvalue weighted by Gasteiger charge is 1.90. The van der Waals surface area contributed by atoms with Crippen LogP contribution in [0, 0.1) is 0 Å². The van der Waals surface area contributed by atoms with Crippen molar-refractivity contribution in [1.82, 2.24) is 15.4 Å². The Bertz CT molecular complexity index is 127. The first kappa shape index (κ1) is 4.58. The molecule has 3 nitrogen and oxygen atoms in total. The molecule has 0 aliphatic carbocycles. The van der Waals surface area contributed by atoms with Crippen LogP contribution in [0.5, 0.6) is 0 Å². The molecule has 0 fully saturated rings. The van der Waals surface area contributed by atoms with Gasteiger partial charge in [0.15, 0.2) is 5.03 Å². The minimum Gasteiger partial charge on any atom is -0.197 e. The molecule has 0 amide bonds. The average molecular weight is 119 g/mol. The van der Waals surface area contributed by atoms with E-state index in [0.29, 0.717) is 0 Å².